The van der Waals surface area contributed by atoms with Crippen molar-refractivity contribution in [1.82, 2.24) is 14.8 Å². The third kappa shape index (κ3) is 6.26. The summed E-state index contributed by atoms with van der Waals surface area (Å²) in [5.74, 6) is 2.47. The molecule has 1 heterocycles. The summed E-state index contributed by atoms with van der Waals surface area (Å²) >= 11 is 1.36. The van der Waals surface area contributed by atoms with Crippen molar-refractivity contribution >= 4 is 23.4 Å². The van der Waals surface area contributed by atoms with Crippen LogP contribution in [-0.2, 0) is 11.4 Å². The zero-order valence-corrected chi connectivity index (χ0v) is 20.0. The number of nitrogens with zero attached hydrogens (tertiary/aromatic N) is 3. The van der Waals surface area contributed by atoms with E-state index in [9.17, 15) is 4.79 Å². The van der Waals surface area contributed by atoms with E-state index in [4.69, 9.17) is 9.47 Å². The average Bonchev–Trinajstić information content (AvgIpc) is 3.16. The first kappa shape index (κ1) is 23.7. The number of hydrogen-bond acceptors (Lipinski definition) is 6. The molecule has 0 spiro atoms. The molecular formula is C24H30N4O3S. The highest BCUT2D eigenvalue weighted by Gasteiger charge is 2.17. The molecule has 0 atom stereocenters. The molecule has 170 valence electrons. The maximum atomic E-state index is 12.4. The van der Waals surface area contributed by atoms with Crippen LogP contribution >= 0.6 is 11.8 Å². The van der Waals surface area contributed by atoms with Crippen molar-refractivity contribution in [3.63, 3.8) is 0 Å². The largest absolute Gasteiger partial charge is 0.494 e. The van der Waals surface area contributed by atoms with Gasteiger partial charge in [0.2, 0.25) is 5.91 Å². The van der Waals surface area contributed by atoms with Gasteiger partial charge in [0, 0.05) is 11.7 Å². The lowest BCUT2D eigenvalue weighted by Crippen LogP contribution is -2.15. The number of aromatic nitrogens is 3. The van der Waals surface area contributed by atoms with Gasteiger partial charge in [-0.05, 0) is 70.5 Å². The van der Waals surface area contributed by atoms with Gasteiger partial charge in [-0.3, -0.25) is 4.79 Å². The summed E-state index contributed by atoms with van der Waals surface area (Å²) in [4.78, 5) is 12.4. The molecule has 0 unspecified atom stereocenters. The van der Waals surface area contributed by atoms with Crippen LogP contribution in [0.25, 0.3) is 0 Å². The fourth-order valence-corrected chi connectivity index (χ4v) is 4.14. The van der Waals surface area contributed by atoms with Crippen molar-refractivity contribution in [1.29, 1.82) is 0 Å². The van der Waals surface area contributed by atoms with E-state index in [0.29, 0.717) is 18.4 Å². The highest BCUT2D eigenvalue weighted by molar-refractivity contribution is 7.99. The minimum atomic E-state index is -0.106. The Kier molecular flexibility index (Phi) is 8.16. The third-order valence-electron chi connectivity index (χ3n) is 4.72. The first-order valence-corrected chi connectivity index (χ1v) is 11.6. The van der Waals surface area contributed by atoms with Gasteiger partial charge in [-0.2, -0.15) is 0 Å². The van der Waals surface area contributed by atoms with E-state index in [2.05, 4.69) is 42.4 Å². The predicted octanol–water partition coefficient (Wildman–Crippen LogP) is 5.18. The van der Waals surface area contributed by atoms with Crippen molar-refractivity contribution in [2.45, 2.75) is 52.4 Å². The van der Waals surface area contributed by atoms with Crippen LogP contribution in [0, 0.1) is 13.8 Å². The molecule has 3 rings (SSSR count). The Balaban J connectivity index is 1.60. The minimum Gasteiger partial charge on any atom is -0.494 e. The molecule has 1 N–H and O–H groups in total. The lowest BCUT2D eigenvalue weighted by atomic mass is 10.1. The maximum Gasteiger partial charge on any atom is 0.234 e. The molecule has 32 heavy (non-hydrogen) atoms. The molecule has 0 radical (unpaired) electrons. The van der Waals surface area contributed by atoms with Crippen molar-refractivity contribution in [2.75, 3.05) is 17.7 Å². The first-order valence-electron chi connectivity index (χ1n) is 10.7. The molecule has 0 aliphatic carbocycles. The Bertz CT molecular complexity index is 1050. The van der Waals surface area contributed by atoms with Crippen molar-refractivity contribution in [3.05, 3.63) is 59.4 Å². The fraction of sp³-hybridized carbons (Fsp3) is 0.375. The first-order chi connectivity index (χ1) is 15.4. The Morgan fingerprint density at radius 2 is 1.84 bits per heavy atom. The topological polar surface area (TPSA) is 78.3 Å². The summed E-state index contributed by atoms with van der Waals surface area (Å²) in [5.41, 5.74) is 3.01. The van der Waals surface area contributed by atoms with Gasteiger partial charge in [0.05, 0.1) is 12.4 Å². The number of benzene rings is 2. The number of aryl methyl sites for hydroxylation is 2. The van der Waals surface area contributed by atoms with Crippen LogP contribution in [0.4, 0.5) is 5.69 Å². The zero-order chi connectivity index (χ0) is 23.1. The van der Waals surface area contributed by atoms with E-state index in [0.717, 1.165) is 28.6 Å². The SMILES string of the molecule is CCOc1ccc(NC(=O)CSc2nnc(COc3ccc(C)cc3C)n2C(C)C)cc1. The van der Waals surface area contributed by atoms with Crippen LogP contribution in [0.1, 0.15) is 43.8 Å². The van der Waals surface area contributed by atoms with Gasteiger partial charge in [0.15, 0.2) is 11.0 Å². The summed E-state index contributed by atoms with van der Waals surface area (Å²) in [6, 6.07) is 13.6. The number of ether oxygens (including phenoxy) is 2. The van der Waals surface area contributed by atoms with Gasteiger partial charge in [0.1, 0.15) is 18.1 Å². The highest BCUT2D eigenvalue weighted by Crippen LogP contribution is 2.24. The molecule has 3 aromatic rings. The lowest BCUT2D eigenvalue weighted by molar-refractivity contribution is -0.113. The zero-order valence-electron chi connectivity index (χ0n) is 19.2. The third-order valence-corrected chi connectivity index (χ3v) is 5.66. The van der Waals surface area contributed by atoms with Gasteiger partial charge in [-0.15, -0.1) is 10.2 Å². The van der Waals surface area contributed by atoms with Crippen molar-refractivity contribution in [3.8, 4) is 11.5 Å². The molecule has 8 heteroatoms. The second-order valence-corrected chi connectivity index (χ2v) is 8.66. The summed E-state index contributed by atoms with van der Waals surface area (Å²) < 4.78 is 13.4. The lowest BCUT2D eigenvalue weighted by Gasteiger charge is -2.15. The molecule has 0 aliphatic heterocycles. The molecule has 0 saturated carbocycles. The quantitative estimate of drug-likeness (QED) is 0.425. The number of carbonyl (C=O) groups excluding carboxylic acids is 1. The van der Waals surface area contributed by atoms with E-state index in [-0.39, 0.29) is 17.7 Å². The molecule has 0 fully saturated rings. The average molecular weight is 455 g/mol. The number of carbonyl (C=O) groups is 1. The van der Waals surface area contributed by atoms with Crippen LogP contribution in [-0.4, -0.2) is 33.0 Å². The summed E-state index contributed by atoms with van der Waals surface area (Å²) in [6.45, 7) is 11.1. The number of amides is 1. The van der Waals surface area contributed by atoms with Gasteiger partial charge >= 0.3 is 0 Å². The van der Waals surface area contributed by atoms with E-state index in [1.165, 1.54) is 17.3 Å². The standard InChI is InChI=1S/C24H30N4O3S/c1-6-30-20-10-8-19(9-11-20)25-23(29)15-32-24-27-26-22(28(24)16(2)3)14-31-21-12-7-17(4)13-18(21)5/h7-13,16H,6,14-15H2,1-5H3,(H,25,29). The van der Waals surface area contributed by atoms with Gasteiger partial charge in [-0.1, -0.05) is 29.5 Å². The molecule has 0 bridgehead atoms. The molecule has 0 aliphatic rings. The Labute approximate surface area is 193 Å². The van der Waals surface area contributed by atoms with E-state index < -0.39 is 0 Å². The molecule has 0 saturated heterocycles. The second kappa shape index (κ2) is 11.0. The van der Waals surface area contributed by atoms with Crippen LogP contribution in [0.3, 0.4) is 0 Å². The maximum absolute atomic E-state index is 12.4. The highest BCUT2D eigenvalue weighted by atomic mass is 32.2. The molecule has 7 nitrogen and oxygen atoms in total. The van der Waals surface area contributed by atoms with Crippen LogP contribution in [0.2, 0.25) is 0 Å². The Hall–Kier alpha value is -3.00. The number of anilines is 1. The normalized spacial score (nSPS) is 10.9. The number of hydrogen-bond donors (Lipinski definition) is 1. The van der Waals surface area contributed by atoms with Crippen molar-refractivity contribution < 1.29 is 14.3 Å². The Morgan fingerprint density at radius 1 is 1.09 bits per heavy atom. The monoisotopic (exact) mass is 454 g/mol. The predicted molar refractivity (Wildman–Crippen MR) is 128 cm³/mol. The van der Waals surface area contributed by atoms with E-state index in [1.54, 1.807) is 0 Å². The number of nitrogens with one attached hydrogen (secondary N) is 1. The van der Waals surface area contributed by atoms with E-state index >= 15 is 0 Å². The molecule has 2 aromatic carbocycles. The van der Waals surface area contributed by atoms with E-state index in [1.807, 2.05) is 54.8 Å². The summed E-state index contributed by atoms with van der Waals surface area (Å²) in [7, 11) is 0. The molecule has 1 amide bonds. The minimum absolute atomic E-state index is 0.106. The van der Waals surface area contributed by atoms with Gasteiger partial charge < -0.3 is 19.4 Å². The summed E-state index contributed by atoms with van der Waals surface area (Å²) in [5, 5.41) is 12.2. The van der Waals surface area contributed by atoms with Crippen LogP contribution in [0.5, 0.6) is 11.5 Å². The van der Waals surface area contributed by atoms with Crippen LogP contribution in [0.15, 0.2) is 47.6 Å². The van der Waals surface area contributed by atoms with Gasteiger partial charge in [-0.25, -0.2) is 0 Å². The summed E-state index contributed by atoms with van der Waals surface area (Å²) in [6.07, 6.45) is 0. The van der Waals surface area contributed by atoms with Crippen LogP contribution < -0.4 is 14.8 Å². The van der Waals surface area contributed by atoms with Crippen molar-refractivity contribution in [2.24, 2.45) is 0 Å². The van der Waals surface area contributed by atoms with Gasteiger partial charge in [0.25, 0.3) is 0 Å². The smallest absolute Gasteiger partial charge is 0.234 e. The second-order valence-electron chi connectivity index (χ2n) is 7.71. The molecular weight excluding hydrogens is 424 g/mol. The molecule has 1 aromatic heterocycles. The Morgan fingerprint density at radius 3 is 2.50 bits per heavy atom. The number of rotatable bonds is 10. The number of thioether (sulfide) groups is 1. The fourth-order valence-electron chi connectivity index (χ4n) is 3.25.